The van der Waals surface area contributed by atoms with E-state index in [1.807, 2.05) is 0 Å². The number of allylic oxidation sites excluding steroid dienone is 22. The lowest BCUT2D eigenvalue weighted by atomic mass is 10.0. The standard InChI is InChI=1S/C73H120O6/c1-4-7-10-13-16-19-22-25-28-30-31-32-33-34-35-36-37-38-39-40-41-43-45-48-51-54-57-60-63-66-72(75)78-69-70(68-77-71(74)65-62-59-56-53-50-47-44-27-24-21-18-15-12-9-6-3)79-73(76)67-64-61-58-55-52-49-46-42-29-26-23-20-17-14-11-8-5-2/h7,9-10,12,16-21,25-29,31-32,34-35,44,50,53,70H,4-6,8,11,13-15,22-24,30,33,36-43,45-49,51-52,54-69H2,1-3H3/b10-7-,12-9-,19-16-,20-17-,21-18-,28-25-,29-26-,32-31-,35-34-,44-27-,53-50-. The van der Waals surface area contributed by atoms with Gasteiger partial charge >= 0.3 is 17.9 Å². The van der Waals surface area contributed by atoms with Crippen LogP contribution >= 0.6 is 0 Å². The highest BCUT2D eigenvalue weighted by Crippen LogP contribution is 2.16. The highest BCUT2D eigenvalue weighted by atomic mass is 16.6. The SMILES string of the molecule is CC/C=C\C/C=C\C/C=C\C/C=C\C/C=C\CCCCCCCCCCCCCCCC(=O)OCC(COC(=O)CCCC/C=C\C/C=C\C/C=C\C/C=C\CC)OC(=O)CCCCCCCCC/C=C\C/C=C\CCCCC. The second-order valence-electron chi connectivity index (χ2n) is 21.3. The number of carbonyl (C=O) groups excluding carboxylic acids is 3. The minimum absolute atomic E-state index is 0.0975. The van der Waals surface area contributed by atoms with Crippen LogP contribution in [0.1, 0.15) is 290 Å². The molecule has 0 radical (unpaired) electrons. The monoisotopic (exact) mass is 1090 g/mol. The molecule has 0 aliphatic carbocycles. The van der Waals surface area contributed by atoms with Crippen LogP contribution in [0.25, 0.3) is 0 Å². The van der Waals surface area contributed by atoms with E-state index in [-0.39, 0.29) is 31.1 Å². The molecule has 0 rings (SSSR count). The lowest BCUT2D eigenvalue weighted by molar-refractivity contribution is -0.167. The highest BCUT2D eigenvalue weighted by molar-refractivity contribution is 5.71. The Morgan fingerprint density at radius 1 is 0.266 bits per heavy atom. The predicted molar refractivity (Wildman–Crippen MR) is 343 cm³/mol. The first kappa shape index (κ1) is 74.5. The third kappa shape index (κ3) is 64.3. The van der Waals surface area contributed by atoms with E-state index in [0.717, 1.165) is 128 Å². The molecule has 0 aromatic rings. The van der Waals surface area contributed by atoms with Crippen molar-refractivity contribution in [2.24, 2.45) is 0 Å². The molecule has 0 saturated heterocycles. The largest absolute Gasteiger partial charge is 0.462 e. The fourth-order valence-corrected chi connectivity index (χ4v) is 8.79. The van der Waals surface area contributed by atoms with Gasteiger partial charge in [0.2, 0.25) is 0 Å². The van der Waals surface area contributed by atoms with E-state index in [1.165, 1.54) is 122 Å². The number of carbonyl (C=O) groups is 3. The zero-order chi connectivity index (χ0) is 57.1. The number of hydrogen-bond acceptors (Lipinski definition) is 6. The average molecular weight is 1090 g/mol. The maximum Gasteiger partial charge on any atom is 0.306 e. The van der Waals surface area contributed by atoms with Gasteiger partial charge in [0.05, 0.1) is 0 Å². The van der Waals surface area contributed by atoms with Gasteiger partial charge in [-0.05, 0) is 135 Å². The summed E-state index contributed by atoms with van der Waals surface area (Å²) in [6, 6.07) is 0. The summed E-state index contributed by atoms with van der Waals surface area (Å²) >= 11 is 0. The first-order chi connectivity index (χ1) is 39.0. The molecule has 0 fully saturated rings. The molecule has 0 N–H and O–H groups in total. The fraction of sp³-hybridized carbons (Fsp3) is 0.658. The van der Waals surface area contributed by atoms with Crippen molar-refractivity contribution in [3.63, 3.8) is 0 Å². The van der Waals surface area contributed by atoms with Crippen LogP contribution in [0.15, 0.2) is 134 Å². The van der Waals surface area contributed by atoms with Gasteiger partial charge in [-0.3, -0.25) is 14.4 Å². The first-order valence-corrected chi connectivity index (χ1v) is 32.7. The van der Waals surface area contributed by atoms with Gasteiger partial charge in [-0.2, -0.15) is 0 Å². The molecule has 6 heteroatoms. The number of rotatable bonds is 58. The Balaban J connectivity index is 4.34. The van der Waals surface area contributed by atoms with Crippen LogP contribution in [0.3, 0.4) is 0 Å². The van der Waals surface area contributed by atoms with E-state index in [1.54, 1.807) is 0 Å². The highest BCUT2D eigenvalue weighted by Gasteiger charge is 2.19. The Bertz CT molecular complexity index is 1680. The van der Waals surface area contributed by atoms with Crippen LogP contribution in [0.2, 0.25) is 0 Å². The summed E-state index contributed by atoms with van der Waals surface area (Å²) in [4.78, 5) is 38.3. The van der Waals surface area contributed by atoms with Gasteiger partial charge in [0, 0.05) is 19.3 Å². The summed E-state index contributed by atoms with van der Waals surface area (Å²) in [7, 11) is 0. The smallest absolute Gasteiger partial charge is 0.306 e. The lowest BCUT2D eigenvalue weighted by Gasteiger charge is -2.18. The van der Waals surface area contributed by atoms with E-state index in [4.69, 9.17) is 14.2 Å². The van der Waals surface area contributed by atoms with Gasteiger partial charge in [0.15, 0.2) is 6.10 Å². The molecule has 0 saturated carbocycles. The zero-order valence-electron chi connectivity index (χ0n) is 51.3. The van der Waals surface area contributed by atoms with Crippen LogP contribution in [0.5, 0.6) is 0 Å². The van der Waals surface area contributed by atoms with Crippen LogP contribution in [-0.2, 0) is 28.6 Å². The van der Waals surface area contributed by atoms with Crippen molar-refractivity contribution < 1.29 is 28.6 Å². The normalized spacial score (nSPS) is 13.0. The van der Waals surface area contributed by atoms with Crippen molar-refractivity contribution in [3.8, 4) is 0 Å². The third-order valence-corrected chi connectivity index (χ3v) is 13.6. The summed E-state index contributed by atoms with van der Waals surface area (Å²) < 4.78 is 16.9. The Morgan fingerprint density at radius 2 is 0.494 bits per heavy atom. The molecule has 0 aromatic carbocycles. The molecule has 0 aliphatic heterocycles. The molecule has 79 heavy (non-hydrogen) atoms. The van der Waals surface area contributed by atoms with Crippen LogP contribution in [0, 0.1) is 0 Å². The minimum Gasteiger partial charge on any atom is -0.462 e. The molecule has 0 heterocycles. The van der Waals surface area contributed by atoms with E-state index in [0.29, 0.717) is 19.3 Å². The maximum absolute atomic E-state index is 12.9. The number of esters is 3. The van der Waals surface area contributed by atoms with Gasteiger partial charge in [-0.15, -0.1) is 0 Å². The Hall–Kier alpha value is -4.45. The molecule has 0 spiro atoms. The van der Waals surface area contributed by atoms with Crippen molar-refractivity contribution in [1.29, 1.82) is 0 Å². The first-order valence-electron chi connectivity index (χ1n) is 32.7. The molecule has 6 nitrogen and oxygen atoms in total. The van der Waals surface area contributed by atoms with E-state index in [9.17, 15) is 14.4 Å². The number of ether oxygens (including phenoxy) is 3. The van der Waals surface area contributed by atoms with E-state index >= 15 is 0 Å². The Kier molecular flexibility index (Phi) is 62.3. The van der Waals surface area contributed by atoms with Crippen molar-refractivity contribution in [1.82, 2.24) is 0 Å². The van der Waals surface area contributed by atoms with Crippen molar-refractivity contribution >= 4 is 17.9 Å². The Morgan fingerprint density at radius 3 is 0.797 bits per heavy atom. The second kappa shape index (κ2) is 66.1. The molecule has 0 amide bonds. The summed E-state index contributed by atoms with van der Waals surface area (Å²) in [6.07, 6.45) is 93.2. The predicted octanol–water partition coefficient (Wildman–Crippen LogP) is 22.5. The summed E-state index contributed by atoms with van der Waals surface area (Å²) in [5, 5.41) is 0. The van der Waals surface area contributed by atoms with Crippen molar-refractivity contribution in [2.75, 3.05) is 13.2 Å². The zero-order valence-corrected chi connectivity index (χ0v) is 51.3. The summed E-state index contributed by atoms with van der Waals surface area (Å²) in [5.74, 6) is -0.946. The quantitative estimate of drug-likeness (QED) is 0.0261. The molecule has 0 aliphatic rings. The van der Waals surface area contributed by atoms with E-state index < -0.39 is 6.10 Å². The van der Waals surface area contributed by atoms with Crippen molar-refractivity contribution in [2.45, 2.75) is 297 Å². The van der Waals surface area contributed by atoms with Crippen molar-refractivity contribution in [3.05, 3.63) is 134 Å². The van der Waals surface area contributed by atoms with Gasteiger partial charge in [-0.1, -0.05) is 270 Å². The number of unbranched alkanes of at least 4 members (excludes halogenated alkanes) is 25. The van der Waals surface area contributed by atoms with E-state index in [2.05, 4.69) is 154 Å². The van der Waals surface area contributed by atoms with Gasteiger partial charge in [0.25, 0.3) is 0 Å². The molecule has 0 bridgehead atoms. The fourth-order valence-electron chi connectivity index (χ4n) is 8.79. The molecule has 0 aromatic heterocycles. The number of hydrogen-bond donors (Lipinski definition) is 0. The van der Waals surface area contributed by atoms with Gasteiger partial charge in [-0.25, -0.2) is 0 Å². The molecule has 448 valence electrons. The lowest BCUT2D eigenvalue weighted by Crippen LogP contribution is -2.30. The van der Waals surface area contributed by atoms with Crippen LogP contribution < -0.4 is 0 Å². The molecular weight excluding hydrogens is 973 g/mol. The van der Waals surface area contributed by atoms with Gasteiger partial charge in [0.1, 0.15) is 13.2 Å². The molecule has 1 atom stereocenters. The Labute approximate surface area is 487 Å². The van der Waals surface area contributed by atoms with Crippen LogP contribution in [0.4, 0.5) is 0 Å². The maximum atomic E-state index is 12.9. The molecular formula is C73H120O6. The van der Waals surface area contributed by atoms with Crippen LogP contribution in [-0.4, -0.2) is 37.2 Å². The summed E-state index contributed by atoms with van der Waals surface area (Å²) in [5.41, 5.74) is 0. The van der Waals surface area contributed by atoms with Gasteiger partial charge < -0.3 is 14.2 Å². The second-order valence-corrected chi connectivity index (χ2v) is 21.3. The third-order valence-electron chi connectivity index (χ3n) is 13.6. The average Bonchev–Trinajstić information content (AvgIpc) is 3.45. The molecule has 1 unspecified atom stereocenters. The minimum atomic E-state index is -0.805. The summed E-state index contributed by atoms with van der Waals surface area (Å²) in [6.45, 7) is 6.36. The topological polar surface area (TPSA) is 78.9 Å².